The average Bonchev–Trinajstić information content (AvgIpc) is 2.06. The zero-order chi connectivity index (χ0) is 9.03. The normalized spacial score (nSPS) is 15.6. The van der Waals surface area contributed by atoms with Gasteiger partial charge in [0.05, 0.1) is 0 Å². The molecule has 0 amide bonds. The Hall–Kier alpha value is -0.530. The molecule has 12 heavy (non-hydrogen) atoms. The molecule has 0 fully saturated rings. The molecule has 1 aromatic carbocycles. The van der Waals surface area contributed by atoms with Crippen molar-refractivity contribution in [3.63, 3.8) is 0 Å². The molecule has 0 spiro atoms. The maximum atomic E-state index is 9.75. The lowest BCUT2D eigenvalue weighted by Crippen LogP contribution is -2.16. The number of benzene rings is 1. The van der Waals surface area contributed by atoms with Crippen molar-refractivity contribution in [2.24, 2.45) is 0 Å². The molecular formula is C10H13ClO. The fraction of sp³-hybridized carbons (Fsp3) is 0.400. The molecule has 1 unspecified atom stereocenters. The van der Waals surface area contributed by atoms with E-state index < -0.39 is 5.06 Å². The monoisotopic (exact) mass is 184 g/mol. The third kappa shape index (κ3) is 2.23. The van der Waals surface area contributed by atoms with Gasteiger partial charge in [-0.15, -0.1) is 0 Å². The number of rotatable bonds is 3. The molecule has 0 saturated carbocycles. The highest BCUT2D eigenvalue weighted by atomic mass is 35.5. The summed E-state index contributed by atoms with van der Waals surface area (Å²) in [4.78, 5) is 0. The molecule has 1 aromatic rings. The SMILES string of the molecule is CCCC(O)(Cl)c1ccccc1. The third-order valence-electron chi connectivity index (χ3n) is 1.80. The summed E-state index contributed by atoms with van der Waals surface area (Å²) in [6, 6.07) is 9.32. The van der Waals surface area contributed by atoms with E-state index in [9.17, 15) is 5.11 Å². The second-order valence-corrected chi connectivity index (χ2v) is 3.50. The number of aliphatic hydroxyl groups is 1. The van der Waals surface area contributed by atoms with Crippen LogP contribution in [0.1, 0.15) is 25.3 Å². The maximum Gasteiger partial charge on any atom is 0.164 e. The van der Waals surface area contributed by atoms with Crippen LogP contribution in [0.3, 0.4) is 0 Å². The van der Waals surface area contributed by atoms with Crippen molar-refractivity contribution in [1.82, 2.24) is 0 Å². The van der Waals surface area contributed by atoms with Gasteiger partial charge >= 0.3 is 0 Å². The second-order valence-electron chi connectivity index (χ2n) is 2.88. The molecule has 0 heterocycles. The van der Waals surface area contributed by atoms with Crippen LogP contribution in [0.15, 0.2) is 30.3 Å². The van der Waals surface area contributed by atoms with E-state index >= 15 is 0 Å². The molecule has 0 aliphatic carbocycles. The van der Waals surface area contributed by atoms with Crippen molar-refractivity contribution < 1.29 is 5.11 Å². The molecule has 1 N–H and O–H groups in total. The predicted octanol–water partition coefficient (Wildman–Crippen LogP) is 2.87. The van der Waals surface area contributed by atoms with Crippen LogP contribution in [-0.4, -0.2) is 5.11 Å². The minimum absolute atomic E-state index is 0.582. The van der Waals surface area contributed by atoms with Crippen molar-refractivity contribution in [2.75, 3.05) is 0 Å². The molecule has 1 rings (SSSR count). The Labute approximate surface area is 78.0 Å². The Kier molecular flexibility index (Phi) is 3.12. The zero-order valence-electron chi connectivity index (χ0n) is 7.13. The van der Waals surface area contributed by atoms with Gasteiger partial charge in [0, 0.05) is 0 Å². The Bertz CT molecular complexity index is 231. The fourth-order valence-corrected chi connectivity index (χ4v) is 1.48. The maximum absolute atomic E-state index is 9.75. The lowest BCUT2D eigenvalue weighted by atomic mass is 10.1. The van der Waals surface area contributed by atoms with Crippen LogP contribution < -0.4 is 0 Å². The van der Waals surface area contributed by atoms with E-state index in [1.54, 1.807) is 0 Å². The largest absolute Gasteiger partial charge is 0.371 e. The van der Waals surface area contributed by atoms with E-state index in [1.807, 2.05) is 37.3 Å². The first-order valence-corrected chi connectivity index (χ1v) is 4.51. The summed E-state index contributed by atoms with van der Waals surface area (Å²) >= 11 is 5.92. The number of hydrogen-bond donors (Lipinski definition) is 1. The zero-order valence-corrected chi connectivity index (χ0v) is 7.88. The first kappa shape index (κ1) is 9.56. The molecule has 0 bridgehead atoms. The van der Waals surface area contributed by atoms with Crippen LogP contribution in [0.25, 0.3) is 0 Å². The first-order chi connectivity index (χ1) is 5.67. The summed E-state index contributed by atoms with van der Waals surface area (Å²) in [7, 11) is 0. The van der Waals surface area contributed by atoms with E-state index in [0.717, 1.165) is 12.0 Å². The molecule has 2 heteroatoms. The summed E-state index contributed by atoms with van der Waals surface area (Å²) in [6.07, 6.45) is 1.45. The van der Waals surface area contributed by atoms with Crippen LogP contribution in [0.4, 0.5) is 0 Å². The molecule has 0 aromatic heterocycles. The summed E-state index contributed by atoms with van der Waals surface area (Å²) in [5.41, 5.74) is 0.772. The fourth-order valence-electron chi connectivity index (χ4n) is 1.17. The Morgan fingerprint density at radius 3 is 2.42 bits per heavy atom. The quantitative estimate of drug-likeness (QED) is 0.717. The van der Waals surface area contributed by atoms with Crippen LogP contribution in [0, 0.1) is 0 Å². The summed E-state index contributed by atoms with van der Waals surface area (Å²) in [5, 5.41) is 8.57. The van der Waals surface area contributed by atoms with Gasteiger partial charge in [0.25, 0.3) is 0 Å². The van der Waals surface area contributed by atoms with Gasteiger partial charge in [-0.25, -0.2) is 0 Å². The van der Waals surface area contributed by atoms with Gasteiger partial charge < -0.3 is 5.11 Å². The van der Waals surface area contributed by atoms with E-state index in [2.05, 4.69) is 0 Å². The van der Waals surface area contributed by atoms with Crippen molar-refractivity contribution in [3.05, 3.63) is 35.9 Å². The Morgan fingerprint density at radius 2 is 1.92 bits per heavy atom. The highest BCUT2D eigenvalue weighted by molar-refractivity contribution is 6.22. The molecule has 0 aliphatic heterocycles. The number of alkyl halides is 1. The van der Waals surface area contributed by atoms with Gasteiger partial charge in [-0.3, -0.25) is 0 Å². The standard InChI is InChI=1S/C10H13ClO/c1-2-8-10(11,12)9-6-4-3-5-7-9/h3-7,12H,2,8H2,1H3. The molecular weight excluding hydrogens is 172 g/mol. The van der Waals surface area contributed by atoms with Gasteiger partial charge in [0.15, 0.2) is 5.06 Å². The lowest BCUT2D eigenvalue weighted by Gasteiger charge is -2.19. The van der Waals surface area contributed by atoms with Crippen LogP contribution in [-0.2, 0) is 5.06 Å². The minimum atomic E-state index is -1.18. The van der Waals surface area contributed by atoms with Crippen molar-refractivity contribution in [1.29, 1.82) is 0 Å². The van der Waals surface area contributed by atoms with Crippen molar-refractivity contribution in [2.45, 2.75) is 24.8 Å². The molecule has 0 saturated heterocycles. The lowest BCUT2D eigenvalue weighted by molar-refractivity contribution is 0.117. The van der Waals surface area contributed by atoms with E-state index in [4.69, 9.17) is 11.6 Å². The van der Waals surface area contributed by atoms with E-state index in [0.29, 0.717) is 6.42 Å². The third-order valence-corrected chi connectivity index (χ3v) is 2.20. The highest BCUT2D eigenvalue weighted by Gasteiger charge is 2.23. The van der Waals surface area contributed by atoms with Gasteiger partial charge in [-0.1, -0.05) is 55.3 Å². The summed E-state index contributed by atoms with van der Waals surface area (Å²) in [6.45, 7) is 2.00. The van der Waals surface area contributed by atoms with Crippen LogP contribution in [0.2, 0.25) is 0 Å². The molecule has 1 nitrogen and oxygen atoms in total. The van der Waals surface area contributed by atoms with Crippen molar-refractivity contribution in [3.8, 4) is 0 Å². The highest BCUT2D eigenvalue weighted by Crippen LogP contribution is 2.30. The van der Waals surface area contributed by atoms with E-state index in [1.165, 1.54) is 0 Å². The van der Waals surface area contributed by atoms with E-state index in [-0.39, 0.29) is 0 Å². The predicted molar refractivity (Wildman–Crippen MR) is 51.1 cm³/mol. The Balaban J connectivity index is 2.82. The minimum Gasteiger partial charge on any atom is -0.371 e. The summed E-state index contributed by atoms with van der Waals surface area (Å²) in [5.74, 6) is 0. The number of hydrogen-bond acceptors (Lipinski definition) is 1. The topological polar surface area (TPSA) is 20.2 Å². The van der Waals surface area contributed by atoms with Gasteiger partial charge in [-0.05, 0) is 12.0 Å². The second kappa shape index (κ2) is 3.92. The molecule has 0 radical (unpaired) electrons. The first-order valence-electron chi connectivity index (χ1n) is 4.13. The molecule has 0 aliphatic rings. The van der Waals surface area contributed by atoms with Gasteiger partial charge in [0.1, 0.15) is 0 Å². The smallest absolute Gasteiger partial charge is 0.164 e. The van der Waals surface area contributed by atoms with Crippen molar-refractivity contribution >= 4 is 11.6 Å². The van der Waals surface area contributed by atoms with Crippen LogP contribution in [0.5, 0.6) is 0 Å². The number of halogens is 1. The van der Waals surface area contributed by atoms with Crippen LogP contribution >= 0.6 is 11.6 Å². The van der Waals surface area contributed by atoms with Gasteiger partial charge in [-0.2, -0.15) is 0 Å². The Morgan fingerprint density at radius 1 is 1.33 bits per heavy atom. The average molecular weight is 185 g/mol. The van der Waals surface area contributed by atoms with Gasteiger partial charge in [0.2, 0.25) is 0 Å². The molecule has 66 valence electrons. The molecule has 1 atom stereocenters. The summed E-state index contributed by atoms with van der Waals surface area (Å²) < 4.78 is 0.